The quantitative estimate of drug-likeness (QED) is 0.574. The molecule has 27 heavy (non-hydrogen) atoms. The van der Waals surface area contributed by atoms with Gasteiger partial charge < -0.3 is 9.80 Å². The molecule has 0 bridgehead atoms. The molecule has 4 rings (SSSR count). The minimum absolute atomic E-state index is 0.000911. The van der Waals surface area contributed by atoms with E-state index in [9.17, 15) is 9.59 Å². The van der Waals surface area contributed by atoms with Gasteiger partial charge in [0, 0.05) is 38.4 Å². The molecule has 1 fully saturated rings. The number of carbonyl (C=O) groups is 1. The Bertz CT molecular complexity index is 960. The fraction of sp³-hybridized carbons (Fsp3) is 0.312. The van der Waals surface area contributed by atoms with Crippen LogP contribution in [0.4, 0.5) is 5.82 Å². The molecule has 11 heteroatoms. The van der Waals surface area contributed by atoms with Gasteiger partial charge in [0.05, 0.1) is 6.33 Å². The Morgan fingerprint density at radius 2 is 1.74 bits per heavy atom. The number of carbonyl (C=O) groups excluding carboxylic acids is 1. The summed E-state index contributed by atoms with van der Waals surface area (Å²) in [6.07, 6.45) is 5.78. The third-order valence-corrected chi connectivity index (χ3v) is 4.34. The minimum atomic E-state index is -0.236. The van der Waals surface area contributed by atoms with Crippen LogP contribution in [0.3, 0.4) is 0 Å². The predicted octanol–water partition coefficient (Wildman–Crippen LogP) is -1.04. The van der Waals surface area contributed by atoms with Crippen LogP contribution in [0.15, 0.2) is 48.2 Å². The first-order valence-corrected chi connectivity index (χ1v) is 8.42. The van der Waals surface area contributed by atoms with Crippen molar-refractivity contribution in [1.82, 2.24) is 39.4 Å². The third kappa shape index (κ3) is 3.66. The molecule has 1 aliphatic rings. The summed E-state index contributed by atoms with van der Waals surface area (Å²) < 4.78 is 2.84. The Labute approximate surface area is 153 Å². The summed E-state index contributed by atoms with van der Waals surface area (Å²) >= 11 is 0. The van der Waals surface area contributed by atoms with Gasteiger partial charge in [0.25, 0.3) is 5.56 Å². The van der Waals surface area contributed by atoms with Gasteiger partial charge in [-0.15, -0.1) is 10.2 Å². The van der Waals surface area contributed by atoms with Gasteiger partial charge in [-0.1, -0.05) is 0 Å². The number of rotatable bonds is 4. The van der Waals surface area contributed by atoms with Crippen LogP contribution >= 0.6 is 0 Å². The van der Waals surface area contributed by atoms with Gasteiger partial charge in [-0.25, -0.2) is 14.6 Å². The smallest absolute Gasteiger partial charge is 0.253 e. The molecule has 0 aliphatic carbocycles. The van der Waals surface area contributed by atoms with Crippen molar-refractivity contribution in [3.63, 3.8) is 0 Å². The summed E-state index contributed by atoms with van der Waals surface area (Å²) in [5, 5.41) is 12.4. The highest BCUT2D eigenvalue weighted by Gasteiger charge is 2.22. The molecule has 1 aliphatic heterocycles. The summed E-state index contributed by atoms with van der Waals surface area (Å²) in [6, 6.07) is 5.03. The van der Waals surface area contributed by atoms with Crippen LogP contribution in [0, 0.1) is 0 Å². The molecule has 0 aromatic carbocycles. The van der Waals surface area contributed by atoms with Crippen LogP contribution in [0.25, 0.3) is 5.82 Å². The van der Waals surface area contributed by atoms with E-state index in [2.05, 4.69) is 30.2 Å². The van der Waals surface area contributed by atoms with E-state index < -0.39 is 0 Å². The second-order valence-corrected chi connectivity index (χ2v) is 6.00. The van der Waals surface area contributed by atoms with Gasteiger partial charge in [-0.05, 0) is 12.1 Å². The zero-order chi connectivity index (χ0) is 18.6. The van der Waals surface area contributed by atoms with Crippen LogP contribution in [-0.2, 0) is 11.3 Å². The molecule has 3 aromatic heterocycles. The van der Waals surface area contributed by atoms with E-state index in [0.717, 1.165) is 5.82 Å². The van der Waals surface area contributed by atoms with Crippen molar-refractivity contribution in [2.75, 3.05) is 31.1 Å². The Balaban J connectivity index is 1.35. The second kappa shape index (κ2) is 7.32. The summed E-state index contributed by atoms with van der Waals surface area (Å²) in [6.45, 7) is 2.40. The largest absolute Gasteiger partial charge is 0.352 e. The van der Waals surface area contributed by atoms with Crippen molar-refractivity contribution >= 4 is 11.7 Å². The maximum Gasteiger partial charge on any atom is 0.253 e. The number of piperazine rings is 1. The highest BCUT2D eigenvalue weighted by atomic mass is 16.2. The fourth-order valence-electron chi connectivity index (χ4n) is 2.86. The maximum absolute atomic E-state index is 12.4. The van der Waals surface area contributed by atoms with Crippen LogP contribution < -0.4 is 10.5 Å². The van der Waals surface area contributed by atoms with Gasteiger partial charge in [-0.2, -0.15) is 5.10 Å². The molecular formula is C16H17N9O2. The molecule has 1 saturated heterocycles. The van der Waals surface area contributed by atoms with E-state index >= 15 is 0 Å². The van der Waals surface area contributed by atoms with Crippen LogP contribution in [0.2, 0.25) is 0 Å². The van der Waals surface area contributed by atoms with Crippen molar-refractivity contribution in [3.05, 3.63) is 53.7 Å². The maximum atomic E-state index is 12.4. The minimum Gasteiger partial charge on any atom is -0.352 e. The highest BCUT2D eigenvalue weighted by molar-refractivity contribution is 5.76. The standard InChI is InChI=1S/C16H17N9O2/c26-15-3-4-17-11-24(15)9-16(27)23-7-5-22(6-8-23)13-1-2-14(21-20-13)25-12-18-10-19-25/h1-4,10-12H,5-9H2. The molecule has 0 unspecified atom stereocenters. The Kier molecular flexibility index (Phi) is 4.56. The van der Waals surface area contributed by atoms with Gasteiger partial charge in [0.15, 0.2) is 11.6 Å². The molecular weight excluding hydrogens is 350 g/mol. The molecule has 3 aromatic rings. The van der Waals surface area contributed by atoms with E-state index in [0.29, 0.717) is 32.0 Å². The summed E-state index contributed by atoms with van der Waals surface area (Å²) in [7, 11) is 0. The first-order chi connectivity index (χ1) is 13.2. The molecule has 138 valence electrons. The summed E-state index contributed by atoms with van der Waals surface area (Å²) in [5.41, 5.74) is -0.236. The fourth-order valence-corrected chi connectivity index (χ4v) is 2.86. The number of nitrogens with zero attached hydrogens (tertiary/aromatic N) is 9. The lowest BCUT2D eigenvalue weighted by atomic mass is 10.3. The van der Waals surface area contributed by atoms with E-state index in [1.54, 1.807) is 11.2 Å². The van der Waals surface area contributed by atoms with E-state index in [4.69, 9.17) is 0 Å². The van der Waals surface area contributed by atoms with Gasteiger partial charge in [-0.3, -0.25) is 14.2 Å². The molecule has 11 nitrogen and oxygen atoms in total. The lowest BCUT2D eigenvalue weighted by Crippen LogP contribution is -2.50. The molecule has 0 atom stereocenters. The van der Waals surface area contributed by atoms with Crippen molar-refractivity contribution in [1.29, 1.82) is 0 Å². The Morgan fingerprint density at radius 1 is 0.963 bits per heavy atom. The summed E-state index contributed by atoms with van der Waals surface area (Å²) in [4.78, 5) is 35.7. The van der Waals surface area contributed by atoms with Crippen LogP contribution in [-0.4, -0.2) is 71.5 Å². The zero-order valence-corrected chi connectivity index (χ0v) is 14.4. The first kappa shape index (κ1) is 16.8. The number of hydrogen-bond acceptors (Lipinski definition) is 8. The second-order valence-electron chi connectivity index (χ2n) is 6.00. The topological polar surface area (TPSA) is 115 Å². The molecule has 0 saturated carbocycles. The van der Waals surface area contributed by atoms with Gasteiger partial charge >= 0.3 is 0 Å². The lowest BCUT2D eigenvalue weighted by Gasteiger charge is -2.35. The van der Waals surface area contributed by atoms with E-state index in [-0.39, 0.29) is 18.0 Å². The molecule has 0 spiro atoms. The van der Waals surface area contributed by atoms with Crippen molar-refractivity contribution < 1.29 is 4.79 Å². The van der Waals surface area contributed by atoms with Crippen LogP contribution in [0.1, 0.15) is 0 Å². The van der Waals surface area contributed by atoms with Crippen molar-refractivity contribution in [2.45, 2.75) is 6.54 Å². The monoisotopic (exact) mass is 367 g/mol. The van der Waals surface area contributed by atoms with Crippen LogP contribution in [0.5, 0.6) is 0 Å². The number of hydrogen-bond donors (Lipinski definition) is 0. The van der Waals surface area contributed by atoms with E-state index in [1.165, 1.54) is 34.2 Å². The summed E-state index contributed by atoms with van der Waals surface area (Å²) in [5.74, 6) is 1.23. The Morgan fingerprint density at radius 3 is 2.41 bits per heavy atom. The normalized spacial score (nSPS) is 14.4. The molecule has 1 amide bonds. The van der Waals surface area contributed by atoms with Gasteiger partial charge in [0.1, 0.15) is 19.2 Å². The third-order valence-electron chi connectivity index (χ3n) is 4.34. The predicted molar refractivity (Wildman–Crippen MR) is 94.2 cm³/mol. The molecule has 0 radical (unpaired) electrons. The number of amides is 1. The first-order valence-electron chi connectivity index (χ1n) is 8.42. The SMILES string of the molecule is O=C(Cn1cnccc1=O)N1CCN(c2ccc(-n3cncn3)nn2)CC1. The lowest BCUT2D eigenvalue weighted by molar-refractivity contribution is -0.132. The van der Waals surface area contributed by atoms with E-state index in [1.807, 2.05) is 12.1 Å². The number of anilines is 1. The average molecular weight is 367 g/mol. The van der Waals surface area contributed by atoms with Crippen molar-refractivity contribution in [3.8, 4) is 5.82 Å². The zero-order valence-electron chi connectivity index (χ0n) is 14.4. The molecule has 4 heterocycles. The molecule has 0 N–H and O–H groups in total. The highest BCUT2D eigenvalue weighted by Crippen LogP contribution is 2.14. The Hall–Kier alpha value is -3.63. The van der Waals surface area contributed by atoms with Crippen molar-refractivity contribution in [2.24, 2.45) is 0 Å². The number of aromatic nitrogens is 7. The average Bonchev–Trinajstić information content (AvgIpc) is 3.25. The van der Waals surface area contributed by atoms with Gasteiger partial charge in [0.2, 0.25) is 5.91 Å².